The van der Waals surface area contributed by atoms with E-state index < -0.39 is 0 Å². The molecule has 0 saturated carbocycles. The van der Waals surface area contributed by atoms with E-state index >= 15 is 0 Å². The third-order valence-corrected chi connectivity index (χ3v) is 4.72. The highest BCUT2D eigenvalue weighted by Gasteiger charge is 2.11. The van der Waals surface area contributed by atoms with E-state index in [0.29, 0.717) is 0 Å². The van der Waals surface area contributed by atoms with E-state index in [1.54, 1.807) is 0 Å². The van der Waals surface area contributed by atoms with Gasteiger partial charge < -0.3 is 0 Å². The van der Waals surface area contributed by atoms with E-state index in [9.17, 15) is 0 Å². The van der Waals surface area contributed by atoms with E-state index in [-0.39, 0.29) is 0 Å². The molecule has 0 N–H and O–H groups in total. The van der Waals surface area contributed by atoms with E-state index in [1.807, 2.05) is 30.2 Å². The summed E-state index contributed by atoms with van der Waals surface area (Å²) in [5.41, 5.74) is 4.71. The van der Waals surface area contributed by atoms with Gasteiger partial charge in [0, 0.05) is 24.2 Å². The first-order chi connectivity index (χ1) is 11.2. The Morgan fingerprint density at radius 2 is 1.87 bits per heavy atom. The van der Waals surface area contributed by atoms with Crippen molar-refractivity contribution < 1.29 is 0 Å². The van der Waals surface area contributed by atoms with Gasteiger partial charge >= 0.3 is 0 Å². The van der Waals surface area contributed by atoms with Crippen molar-refractivity contribution in [3.63, 3.8) is 0 Å². The Hall–Kier alpha value is -2.15. The standard InChI is InChI=1S/C18H15IN4/c1-22-12-15(10-20-22)14-7-8-17-16(9-14)18(19)21-23(17)11-13-5-3-2-4-6-13/h2-10,12H,11H2,1H3. The molecule has 2 heterocycles. The molecule has 0 radical (unpaired) electrons. The molecule has 0 saturated heterocycles. The third kappa shape index (κ3) is 2.76. The normalized spacial score (nSPS) is 11.2. The van der Waals surface area contributed by atoms with E-state index in [4.69, 9.17) is 5.10 Å². The van der Waals surface area contributed by atoms with E-state index in [0.717, 1.165) is 21.3 Å². The molecule has 0 spiro atoms. The number of aromatic nitrogens is 4. The van der Waals surface area contributed by atoms with Crippen molar-refractivity contribution in [2.75, 3.05) is 0 Å². The summed E-state index contributed by atoms with van der Waals surface area (Å²) in [5.74, 6) is 0. The maximum atomic E-state index is 4.71. The highest BCUT2D eigenvalue weighted by atomic mass is 127. The Morgan fingerprint density at radius 3 is 2.61 bits per heavy atom. The molecule has 0 aliphatic rings. The zero-order valence-corrected chi connectivity index (χ0v) is 14.8. The minimum Gasteiger partial charge on any atom is -0.275 e. The Balaban J connectivity index is 1.77. The Labute approximate surface area is 147 Å². The highest BCUT2D eigenvalue weighted by molar-refractivity contribution is 14.1. The molecule has 4 nitrogen and oxygen atoms in total. The van der Waals surface area contributed by atoms with Crippen molar-refractivity contribution in [1.82, 2.24) is 19.6 Å². The number of hydrogen-bond donors (Lipinski definition) is 0. The SMILES string of the molecule is Cn1cc(-c2ccc3c(c2)c(I)nn3Cc2ccccc2)cn1. The van der Waals surface area contributed by atoms with Gasteiger partial charge in [0.2, 0.25) is 0 Å². The van der Waals surface area contributed by atoms with Crippen LogP contribution in [0.5, 0.6) is 0 Å². The zero-order valence-electron chi connectivity index (χ0n) is 12.6. The molecule has 0 atom stereocenters. The maximum absolute atomic E-state index is 4.71. The number of fused-ring (bicyclic) bond motifs is 1. The summed E-state index contributed by atoms with van der Waals surface area (Å²) in [6, 6.07) is 16.9. The zero-order chi connectivity index (χ0) is 15.8. The van der Waals surface area contributed by atoms with Gasteiger partial charge in [-0.2, -0.15) is 10.2 Å². The predicted octanol–water partition coefficient (Wildman–Crippen LogP) is 4.09. The highest BCUT2D eigenvalue weighted by Crippen LogP contribution is 2.27. The lowest BCUT2D eigenvalue weighted by Gasteiger charge is -2.04. The summed E-state index contributed by atoms with van der Waals surface area (Å²) in [7, 11) is 1.93. The number of aryl methyl sites for hydroxylation is 1. The van der Waals surface area contributed by atoms with Gasteiger partial charge in [0.05, 0.1) is 18.3 Å². The maximum Gasteiger partial charge on any atom is 0.131 e. The molecule has 2 aromatic carbocycles. The quantitative estimate of drug-likeness (QED) is 0.474. The summed E-state index contributed by atoms with van der Waals surface area (Å²) < 4.78 is 4.92. The molecule has 0 aliphatic heterocycles. The lowest BCUT2D eigenvalue weighted by molar-refractivity contribution is 0.705. The first-order valence-electron chi connectivity index (χ1n) is 7.40. The monoisotopic (exact) mass is 414 g/mol. The molecule has 23 heavy (non-hydrogen) atoms. The Kier molecular flexibility index (Phi) is 3.65. The van der Waals surface area contributed by atoms with Crippen LogP contribution in [0, 0.1) is 3.70 Å². The molecule has 0 bridgehead atoms. The van der Waals surface area contributed by atoms with Gasteiger partial charge in [0.15, 0.2) is 0 Å². The molecule has 0 amide bonds. The van der Waals surface area contributed by atoms with Crippen molar-refractivity contribution in [3.8, 4) is 11.1 Å². The second-order valence-corrected chi connectivity index (χ2v) is 6.59. The van der Waals surface area contributed by atoms with Crippen LogP contribution in [0.3, 0.4) is 0 Å². The second-order valence-electron chi connectivity index (χ2n) is 5.57. The lowest BCUT2D eigenvalue weighted by Crippen LogP contribution is -2.01. The van der Waals surface area contributed by atoms with Crippen molar-refractivity contribution in [2.24, 2.45) is 7.05 Å². The van der Waals surface area contributed by atoms with Gasteiger partial charge in [-0.1, -0.05) is 36.4 Å². The van der Waals surface area contributed by atoms with Crippen LogP contribution in [-0.2, 0) is 13.6 Å². The molecule has 0 fully saturated rings. The molecule has 5 heteroatoms. The fourth-order valence-electron chi connectivity index (χ4n) is 2.77. The third-order valence-electron chi connectivity index (χ3n) is 3.92. The largest absolute Gasteiger partial charge is 0.275 e. The molecule has 4 aromatic rings. The summed E-state index contributed by atoms with van der Waals surface area (Å²) in [6.07, 6.45) is 3.92. The number of hydrogen-bond acceptors (Lipinski definition) is 2. The van der Waals surface area contributed by atoms with Crippen molar-refractivity contribution in [2.45, 2.75) is 6.54 Å². The lowest BCUT2D eigenvalue weighted by atomic mass is 10.1. The second kappa shape index (κ2) is 5.81. The van der Waals surface area contributed by atoms with Gasteiger partial charge in [-0.3, -0.25) is 9.36 Å². The van der Waals surface area contributed by atoms with Crippen LogP contribution in [-0.4, -0.2) is 19.6 Å². The Bertz CT molecular complexity index is 969. The van der Waals surface area contributed by atoms with Crippen LogP contribution in [0.4, 0.5) is 0 Å². The average Bonchev–Trinajstić information content (AvgIpc) is 3.13. The summed E-state index contributed by atoms with van der Waals surface area (Å²) in [4.78, 5) is 0. The summed E-state index contributed by atoms with van der Waals surface area (Å²) >= 11 is 2.31. The van der Waals surface area contributed by atoms with Gasteiger partial charge in [0.25, 0.3) is 0 Å². The molecule has 0 unspecified atom stereocenters. The molecular formula is C18H15IN4. The van der Waals surface area contributed by atoms with Gasteiger partial charge in [-0.25, -0.2) is 0 Å². The minimum atomic E-state index is 0.784. The number of nitrogens with zero attached hydrogens (tertiary/aromatic N) is 4. The van der Waals surface area contributed by atoms with Gasteiger partial charge in [-0.05, 0) is 45.9 Å². The average molecular weight is 414 g/mol. The van der Waals surface area contributed by atoms with Crippen LogP contribution in [0.2, 0.25) is 0 Å². The van der Waals surface area contributed by atoms with Crippen molar-refractivity contribution >= 4 is 33.5 Å². The van der Waals surface area contributed by atoms with Crippen LogP contribution in [0.1, 0.15) is 5.56 Å². The van der Waals surface area contributed by atoms with Crippen LogP contribution >= 0.6 is 22.6 Å². The van der Waals surface area contributed by atoms with E-state index in [1.165, 1.54) is 16.5 Å². The number of halogens is 1. The fraction of sp³-hybridized carbons (Fsp3) is 0.111. The molecule has 114 valence electrons. The van der Waals surface area contributed by atoms with Crippen molar-refractivity contribution in [3.05, 3.63) is 70.2 Å². The van der Waals surface area contributed by atoms with Gasteiger partial charge in [0.1, 0.15) is 3.70 Å². The first kappa shape index (κ1) is 14.4. The molecule has 0 aliphatic carbocycles. The van der Waals surface area contributed by atoms with E-state index in [2.05, 4.69) is 74.8 Å². The Morgan fingerprint density at radius 1 is 1.04 bits per heavy atom. The van der Waals surface area contributed by atoms with Crippen LogP contribution in [0.25, 0.3) is 22.0 Å². The van der Waals surface area contributed by atoms with Crippen molar-refractivity contribution in [1.29, 1.82) is 0 Å². The topological polar surface area (TPSA) is 35.6 Å². The summed E-state index contributed by atoms with van der Waals surface area (Å²) in [6.45, 7) is 0.784. The smallest absolute Gasteiger partial charge is 0.131 e. The molecule has 2 aromatic heterocycles. The first-order valence-corrected chi connectivity index (χ1v) is 8.47. The predicted molar refractivity (Wildman–Crippen MR) is 100 cm³/mol. The minimum absolute atomic E-state index is 0.784. The van der Waals surface area contributed by atoms with Crippen LogP contribution < -0.4 is 0 Å². The van der Waals surface area contributed by atoms with Gasteiger partial charge in [-0.15, -0.1) is 0 Å². The van der Waals surface area contributed by atoms with Crippen LogP contribution in [0.15, 0.2) is 60.9 Å². The molecule has 4 rings (SSSR count). The fourth-order valence-corrected chi connectivity index (χ4v) is 3.46. The molecular weight excluding hydrogens is 399 g/mol. The number of rotatable bonds is 3. The summed E-state index contributed by atoms with van der Waals surface area (Å²) in [5, 5.41) is 10.1. The number of benzene rings is 2.